The number of nitrogens with zero attached hydrogens (tertiary/aromatic N) is 1. The molecule has 1 saturated heterocycles. The van der Waals surface area contributed by atoms with Crippen LogP contribution < -0.4 is 5.32 Å². The second-order valence-corrected chi connectivity index (χ2v) is 3.42. The van der Waals surface area contributed by atoms with Gasteiger partial charge in [-0.15, -0.1) is 0 Å². The first-order chi connectivity index (χ1) is 6.95. The lowest BCUT2D eigenvalue weighted by Gasteiger charge is -2.06. The number of aromatic nitrogens is 1. The van der Waals surface area contributed by atoms with E-state index in [1.54, 1.807) is 0 Å². The Kier molecular flexibility index (Phi) is 5.19. The molecular weight excluding hydrogens is 176 g/mol. The van der Waals surface area contributed by atoms with Crippen LogP contribution >= 0.6 is 0 Å². The zero-order chi connectivity index (χ0) is 10.2. The van der Waals surface area contributed by atoms with Crippen molar-refractivity contribution in [2.45, 2.75) is 12.8 Å². The molecular formula is C11H18N2O. The number of pyridine rings is 1. The first kappa shape index (κ1) is 11.1. The Morgan fingerprint density at radius 1 is 1.43 bits per heavy atom. The monoisotopic (exact) mass is 194 g/mol. The number of hydrogen-bond acceptors (Lipinski definition) is 3. The summed E-state index contributed by atoms with van der Waals surface area (Å²) in [4.78, 5) is 4.00. The number of nitrogens with one attached hydrogen (secondary N) is 1. The summed E-state index contributed by atoms with van der Waals surface area (Å²) < 4.78 is 0. The maximum atomic E-state index is 7.00. The van der Waals surface area contributed by atoms with Crippen molar-refractivity contribution in [1.82, 2.24) is 10.3 Å². The molecule has 0 spiro atoms. The molecule has 1 aromatic rings. The molecule has 0 amide bonds. The Bertz CT molecular complexity index is 232. The van der Waals surface area contributed by atoms with Gasteiger partial charge in [-0.1, -0.05) is 0 Å². The van der Waals surface area contributed by atoms with Crippen LogP contribution in [0, 0.1) is 5.92 Å². The SMILES string of the molecule is CO.c1cc(C[C@@H]2CCNC2)ccn1. The third-order valence-corrected chi connectivity index (χ3v) is 2.44. The van der Waals surface area contributed by atoms with Crippen LogP contribution in [0.15, 0.2) is 24.5 Å². The normalized spacial score (nSPS) is 20.0. The molecule has 2 heterocycles. The maximum absolute atomic E-state index is 7.00. The predicted octanol–water partition coefficient (Wildman–Crippen LogP) is 0.842. The van der Waals surface area contributed by atoms with Crippen LogP contribution in [0.3, 0.4) is 0 Å². The van der Waals surface area contributed by atoms with Crippen molar-refractivity contribution in [2.75, 3.05) is 20.2 Å². The summed E-state index contributed by atoms with van der Waals surface area (Å²) >= 11 is 0. The van der Waals surface area contributed by atoms with Crippen LogP contribution in [0.2, 0.25) is 0 Å². The molecule has 2 rings (SSSR count). The van der Waals surface area contributed by atoms with Gasteiger partial charge in [0.2, 0.25) is 0 Å². The lowest BCUT2D eigenvalue weighted by molar-refractivity contribution is 0.399. The molecule has 0 radical (unpaired) electrons. The highest BCUT2D eigenvalue weighted by molar-refractivity contribution is 5.10. The van der Waals surface area contributed by atoms with Gasteiger partial charge >= 0.3 is 0 Å². The summed E-state index contributed by atoms with van der Waals surface area (Å²) in [6, 6.07) is 4.22. The first-order valence-corrected chi connectivity index (χ1v) is 4.99. The van der Waals surface area contributed by atoms with E-state index in [1.807, 2.05) is 12.4 Å². The molecule has 1 aliphatic heterocycles. The molecule has 1 fully saturated rings. The molecule has 0 unspecified atom stereocenters. The van der Waals surface area contributed by atoms with Gasteiger partial charge in [-0.05, 0) is 49.5 Å². The van der Waals surface area contributed by atoms with E-state index in [2.05, 4.69) is 22.4 Å². The fourth-order valence-corrected chi connectivity index (χ4v) is 1.74. The zero-order valence-electron chi connectivity index (χ0n) is 8.61. The molecule has 0 saturated carbocycles. The number of aliphatic hydroxyl groups excluding tert-OH is 1. The summed E-state index contributed by atoms with van der Waals surface area (Å²) in [5.41, 5.74) is 1.42. The second-order valence-electron chi connectivity index (χ2n) is 3.42. The van der Waals surface area contributed by atoms with Crippen molar-refractivity contribution in [3.63, 3.8) is 0 Å². The van der Waals surface area contributed by atoms with Crippen molar-refractivity contribution in [2.24, 2.45) is 5.92 Å². The average molecular weight is 194 g/mol. The van der Waals surface area contributed by atoms with E-state index >= 15 is 0 Å². The Morgan fingerprint density at radius 3 is 2.71 bits per heavy atom. The Morgan fingerprint density at radius 2 is 2.14 bits per heavy atom. The van der Waals surface area contributed by atoms with Gasteiger partial charge < -0.3 is 10.4 Å². The van der Waals surface area contributed by atoms with E-state index in [-0.39, 0.29) is 0 Å². The van der Waals surface area contributed by atoms with Crippen LogP contribution in [0.1, 0.15) is 12.0 Å². The molecule has 14 heavy (non-hydrogen) atoms. The third kappa shape index (κ3) is 3.44. The van der Waals surface area contributed by atoms with Gasteiger partial charge in [0.25, 0.3) is 0 Å². The van der Waals surface area contributed by atoms with Crippen molar-refractivity contribution in [3.8, 4) is 0 Å². The van der Waals surface area contributed by atoms with E-state index in [9.17, 15) is 0 Å². The topological polar surface area (TPSA) is 45.1 Å². The number of aliphatic hydroxyl groups is 1. The lowest BCUT2D eigenvalue weighted by atomic mass is 10.00. The summed E-state index contributed by atoms with van der Waals surface area (Å²) in [6.45, 7) is 2.37. The van der Waals surface area contributed by atoms with Gasteiger partial charge in [0, 0.05) is 19.5 Å². The largest absolute Gasteiger partial charge is 0.400 e. The molecule has 2 N–H and O–H groups in total. The quantitative estimate of drug-likeness (QED) is 0.733. The average Bonchev–Trinajstić information content (AvgIpc) is 2.75. The van der Waals surface area contributed by atoms with E-state index < -0.39 is 0 Å². The smallest absolute Gasteiger partial charge is 0.0319 e. The number of hydrogen-bond donors (Lipinski definition) is 2. The molecule has 1 aromatic heterocycles. The highest BCUT2D eigenvalue weighted by atomic mass is 16.2. The Labute approximate surface area is 85.2 Å². The second kappa shape index (κ2) is 6.51. The Balaban J connectivity index is 0.000000461. The number of rotatable bonds is 2. The molecule has 3 heteroatoms. The fourth-order valence-electron chi connectivity index (χ4n) is 1.74. The van der Waals surface area contributed by atoms with Gasteiger partial charge in [0.15, 0.2) is 0 Å². The van der Waals surface area contributed by atoms with Gasteiger partial charge in [0.1, 0.15) is 0 Å². The van der Waals surface area contributed by atoms with Gasteiger partial charge in [-0.2, -0.15) is 0 Å². The fraction of sp³-hybridized carbons (Fsp3) is 0.545. The zero-order valence-corrected chi connectivity index (χ0v) is 8.61. The standard InChI is InChI=1S/C10H14N2.CH4O/c1-4-11-5-2-9(1)7-10-3-6-12-8-10;1-2/h1-2,4-5,10,12H,3,6-8H2;2H,1H3/t10-;/m0./s1. The van der Waals surface area contributed by atoms with Crippen LogP contribution in [-0.4, -0.2) is 30.3 Å². The molecule has 1 atom stereocenters. The van der Waals surface area contributed by atoms with Gasteiger partial charge in [-0.25, -0.2) is 0 Å². The molecule has 0 aliphatic carbocycles. The van der Waals surface area contributed by atoms with E-state index in [0.29, 0.717) is 0 Å². The van der Waals surface area contributed by atoms with Crippen LogP contribution in [-0.2, 0) is 6.42 Å². The van der Waals surface area contributed by atoms with Crippen molar-refractivity contribution < 1.29 is 5.11 Å². The molecule has 3 nitrogen and oxygen atoms in total. The minimum atomic E-state index is 0.840. The molecule has 0 bridgehead atoms. The summed E-state index contributed by atoms with van der Waals surface area (Å²) in [7, 11) is 1.00. The van der Waals surface area contributed by atoms with E-state index in [0.717, 1.165) is 13.0 Å². The lowest BCUT2D eigenvalue weighted by Crippen LogP contribution is -2.10. The Hall–Kier alpha value is -0.930. The van der Waals surface area contributed by atoms with E-state index in [1.165, 1.54) is 31.5 Å². The third-order valence-electron chi connectivity index (χ3n) is 2.44. The minimum absolute atomic E-state index is 0.840. The summed E-state index contributed by atoms with van der Waals surface area (Å²) in [5, 5.41) is 10.4. The summed E-state index contributed by atoms with van der Waals surface area (Å²) in [6.07, 6.45) is 6.27. The van der Waals surface area contributed by atoms with Crippen LogP contribution in [0.4, 0.5) is 0 Å². The van der Waals surface area contributed by atoms with Crippen LogP contribution in [0.5, 0.6) is 0 Å². The van der Waals surface area contributed by atoms with Crippen molar-refractivity contribution in [1.29, 1.82) is 0 Å². The highest BCUT2D eigenvalue weighted by Gasteiger charge is 2.14. The predicted molar refractivity (Wildman–Crippen MR) is 57.1 cm³/mol. The molecule has 0 aromatic carbocycles. The molecule has 1 aliphatic rings. The van der Waals surface area contributed by atoms with Crippen molar-refractivity contribution >= 4 is 0 Å². The highest BCUT2D eigenvalue weighted by Crippen LogP contribution is 2.13. The summed E-state index contributed by atoms with van der Waals surface area (Å²) in [5.74, 6) is 0.840. The minimum Gasteiger partial charge on any atom is -0.400 e. The first-order valence-electron chi connectivity index (χ1n) is 4.99. The van der Waals surface area contributed by atoms with Gasteiger partial charge in [0.05, 0.1) is 0 Å². The maximum Gasteiger partial charge on any atom is 0.0319 e. The van der Waals surface area contributed by atoms with Gasteiger partial charge in [-0.3, -0.25) is 4.98 Å². The molecule has 78 valence electrons. The van der Waals surface area contributed by atoms with Crippen LogP contribution in [0.25, 0.3) is 0 Å². The van der Waals surface area contributed by atoms with E-state index in [4.69, 9.17) is 5.11 Å². The van der Waals surface area contributed by atoms with Crippen molar-refractivity contribution in [3.05, 3.63) is 30.1 Å².